The minimum absolute atomic E-state index is 0.00453. The fourth-order valence-corrected chi connectivity index (χ4v) is 3.53. The van der Waals surface area contributed by atoms with Crippen molar-refractivity contribution in [3.63, 3.8) is 0 Å². The lowest BCUT2D eigenvalue weighted by molar-refractivity contribution is -0.123. The quantitative estimate of drug-likeness (QED) is 0.744. The van der Waals surface area contributed by atoms with Gasteiger partial charge < -0.3 is 10.6 Å². The molecule has 2 fully saturated rings. The molecule has 2 aliphatic rings. The SMILES string of the molecule is CCCN(CC(=O)NC1(C#N)CCCC1)CC1CCCN1. The number of hydrogen-bond acceptors (Lipinski definition) is 4. The first-order chi connectivity index (χ1) is 10.2. The van der Waals surface area contributed by atoms with Crippen LogP contribution in [0.3, 0.4) is 0 Å². The van der Waals surface area contributed by atoms with Crippen molar-refractivity contribution in [3.8, 4) is 6.07 Å². The normalized spacial score (nSPS) is 24.1. The maximum absolute atomic E-state index is 12.3. The van der Waals surface area contributed by atoms with Gasteiger partial charge in [0.1, 0.15) is 5.54 Å². The van der Waals surface area contributed by atoms with Gasteiger partial charge in [-0.3, -0.25) is 9.69 Å². The number of carbonyl (C=O) groups is 1. The molecular formula is C16H28N4O. The number of rotatable bonds is 7. The maximum atomic E-state index is 12.3. The van der Waals surface area contributed by atoms with Crippen LogP contribution in [0.5, 0.6) is 0 Å². The molecule has 0 aromatic carbocycles. The summed E-state index contributed by atoms with van der Waals surface area (Å²) in [5.41, 5.74) is -0.597. The molecule has 0 aromatic heterocycles. The van der Waals surface area contributed by atoms with Crippen LogP contribution in [0.4, 0.5) is 0 Å². The molecule has 5 nitrogen and oxygen atoms in total. The zero-order valence-electron chi connectivity index (χ0n) is 13.2. The Morgan fingerprint density at radius 2 is 2.19 bits per heavy atom. The highest BCUT2D eigenvalue weighted by Crippen LogP contribution is 2.28. The maximum Gasteiger partial charge on any atom is 0.235 e. The summed E-state index contributed by atoms with van der Waals surface area (Å²) in [7, 11) is 0. The Balaban J connectivity index is 1.83. The highest BCUT2D eigenvalue weighted by molar-refractivity contribution is 5.79. The molecule has 5 heteroatoms. The lowest BCUT2D eigenvalue weighted by Gasteiger charge is -2.27. The Morgan fingerprint density at radius 3 is 2.76 bits per heavy atom. The molecule has 0 aromatic rings. The van der Waals surface area contributed by atoms with E-state index < -0.39 is 5.54 Å². The molecule has 1 unspecified atom stereocenters. The van der Waals surface area contributed by atoms with Crippen molar-refractivity contribution in [2.24, 2.45) is 0 Å². The third-order valence-corrected chi connectivity index (χ3v) is 4.60. The number of carbonyl (C=O) groups excluding carboxylic acids is 1. The summed E-state index contributed by atoms with van der Waals surface area (Å²) in [5, 5.41) is 15.8. The molecule has 1 saturated heterocycles. The molecule has 1 saturated carbocycles. The molecule has 1 amide bonds. The van der Waals surface area contributed by atoms with Gasteiger partial charge in [-0.1, -0.05) is 6.92 Å². The molecule has 0 radical (unpaired) electrons. The number of nitrogens with one attached hydrogen (secondary N) is 2. The Kier molecular flexibility index (Phi) is 6.01. The molecule has 21 heavy (non-hydrogen) atoms. The average molecular weight is 292 g/mol. The third kappa shape index (κ3) is 4.69. The molecule has 0 spiro atoms. The predicted molar refractivity (Wildman–Crippen MR) is 82.7 cm³/mol. The van der Waals surface area contributed by atoms with Crippen molar-refractivity contribution in [1.29, 1.82) is 5.26 Å². The smallest absolute Gasteiger partial charge is 0.235 e. The molecule has 1 aliphatic carbocycles. The zero-order valence-corrected chi connectivity index (χ0v) is 13.2. The van der Waals surface area contributed by atoms with Gasteiger partial charge in [-0.15, -0.1) is 0 Å². The number of amides is 1. The fraction of sp³-hybridized carbons (Fsp3) is 0.875. The van der Waals surface area contributed by atoms with E-state index in [9.17, 15) is 10.1 Å². The van der Waals surface area contributed by atoms with Gasteiger partial charge in [-0.25, -0.2) is 0 Å². The minimum Gasteiger partial charge on any atom is -0.337 e. The van der Waals surface area contributed by atoms with E-state index in [4.69, 9.17) is 0 Å². The predicted octanol–water partition coefficient (Wildman–Crippen LogP) is 1.40. The van der Waals surface area contributed by atoms with Crippen LogP contribution >= 0.6 is 0 Å². The van der Waals surface area contributed by atoms with Gasteiger partial charge >= 0.3 is 0 Å². The van der Waals surface area contributed by atoms with Crippen LogP contribution in [0.2, 0.25) is 0 Å². The van der Waals surface area contributed by atoms with E-state index in [1.165, 1.54) is 12.8 Å². The summed E-state index contributed by atoms with van der Waals surface area (Å²) in [6.07, 6.45) is 7.15. The molecule has 1 atom stereocenters. The number of hydrogen-bond donors (Lipinski definition) is 2. The van der Waals surface area contributed by atoms with Gasteiger partial charge in [0.25, 0.3) is 0 Å². The monoisotopic (exact) mass is 292 g/mol. The third-order valence-electron chi connectivity index (χ3n) is 4.60. The highest BCUT2D eigenvalue weighted by Gasteiger charge is 2.35. The molecule has 0 bridgehead atoms. The molecular weight excluding hydrogens is 264 g/mol. The topological polar surface area (TPSA) is 68.2 Å². The van der Waals surface area contributed by atoms with Crippen molar-refractivity contribution >= 4 is 5.91 Å². The first kappa shape index (κ1) is 16.3. The summed E-state index contributed by atoms with van der Waals surface area (Å²) >= 11 is 0. The van der Waals surface area contributed by atoms with E-state index in [0.29, 0.717) is 12.6 Å². The lowest BCUT2D eigenvalue weighted by Crippen LogP contribution is -2.50. The zero-order chi connectivity index (χ0) is 15.1. The molecule has 2 rings (SSSR count). The van der Waals surface area contributed by atoms with Crippen LogP contribution in [-0.4, -0.2) is 48.6 Å². The van der Waals surface area contributed by atoms with Gasteiger partial charge in [-0.05, 0) is 58.0 Å². The Bertz CT molecular complexity index is 378. The van der Waals surface area contributed by atoms with E-state index in [1.54, 1.807) is 0 Å². The van der Waals surface area contributed by atoms with Crippen molar-refractivity contribution in [1.82, 2.24) is 15.5 Å². The van der Waals surface area contributed by atoms with Crippen LogP contribution < -0.4 is 10.6 Å². The van der Waals surface area contributed by atoms with Crippen LogP contribution in [0.1, 0.15) is 51.9 Å². The van der Waals surface area contributed by atoms with Gasteiger partial charge in [-0.2, -0.15) is 5.26 Å². The summed E-state index contributed by atoms with van der Waals surface area (Å²) in [4.78, 5) is 14.5. The second-order valence-electron chi connectivity index (χ2n) is 6.48. The van der Waals surface area contributed by atoms with Gasteiger partial charge in [0.2, 0.25) is 5.91 Å². The van der Waals surface area contributed by atoms with E-state index in [1.807, 2.05) is 0 Å². The Morgan fingerprint density at radius 1 is 1.43 bits per heavy atom. The number of nitriles is 1. The molecule has 118 valence electrons. The van der Waals surface area contributed by atoms with E-state index in [-0.39, 0.29) is 5.91 Å². The molecule has 1 aliphatic heterocycles. The minimum atomic E-state index is -0.597. The summed E-state index contributed by atoms with van der Waals surface area (Å²) in [5.74, 6) is 0.00453. The number of nitrogens with zero attached hydrogens (tertiary/aromatic N) is 2. The standard InChI is InChI=1S/C16H28N4O/c1-2-10-20(11-14-6-5-9-18-14)12-15(21)19-16(13-17)7-3-4-8-16/h14,18H,2-12H2,1H3,(H,19,21). The second-order valence-corrected chi connectivity index (χ2v) is 6.48. The van der Waals surface area contributed by atoms with Gasteiger partial charge in [0.05, 0.1) is 12.6 Å². The Hall–Kier alpha value is -1.12. The highest BCUT2D eigenvalue weighted by atomic mass is 16.2. The van der Waals surface area contributed by atoms with Crippen LogP contribution in [0, 0.1) is 11.3 Å². The Labute approximate surface area is 128 Å². The van der Waals surface area contributed by atoms with Crippen LogP contribution in [-0.2, 0) is 4.79 Å². The first-order valence-corrected chi connectivity index (χ1v) is 8.35. The van der Waals surface area contributed by atoms with Crippen LogP contribution in [0.15, 0.2) is 0 Å². The van der Waals surface area contributed by atoms with Gasteiger partial charge in [0.15, 0.2) is 0 Å². The van der Waals surface area contributed by atoms with E-state index >= 15 is 0 Å². The van der Waals surface area contributed by atoms with Crippen molar-refractivity contribution in [2.45, 2.75) is 63.5 Å². The van der Waals surface area contributed by atoms with Crippen molar-refractivity contribution < 1.29 is 4.79 Å². The largest absolute Gasteiger partial charge is 0.337 e. The molecule has 2 N–H and O–H groups in total. The summed E-state index contributed by atoms with van der Waals surface area (Å²) in [6, 6.07) is 2.84. The molecule has 1 heterocycles. The summed E-state index contributed by atoms with van der Waals surface area (Å²) < 4.78 is 0. The summed E-state index contributed by atoms with van der Waals surface area (Å²) in [6.45, 7) is 5.51. The second kappa shape index (κ2) is 7.77. The average Bonchev–Trinajstić information content (AvgIpc) is 3.11. The van der Waals surface area contributed by atoms with Crippen LogP contribution in [0.25, 0.3) is 0 Å². The van der Waals surface area contributed by atoms with Gasteiger partial charge in [0, 0.05) is 12.6 Å². The first-order valence-electron chi connectivity index (χ1n) is 8.35. The van der Waals surface area contributed by atoms with Crippen molar-refractivity contribution in [3.05, 3.63) is 0 Å². The fourth-order valence-electron chi connectivity index (χ4n) is 3.53. The lowest BCUT2D eigenvalue weighted by atomic mass is 10.00. The van der Waals surface area contributed by atoms with E-state index in [2.05, 4.69) is 28.5 Å². The van der Waals surface area contributed by atoms with E-state index in [0.717, 1.165) is 51.7 Å². The van der Waals surface area contributed by atoms with Crippen molar-refractivity contribution in [2.75, 3.05) is 26.2 Å².